The average Bonchev–Trinajstić information content (AvgIpc) is 2.72. The Kier molecular flexibility index (Phi) is 7.96. The number of nitrogens with one attached hydrogen (secondary N) is 2. The van der Waals surface area contributed by atoms with E-state index in [4.69, 9.17) is 17.0 Å². The van der Waals surface area contributed by atoms with Gasteiger partial charge in [0.1, 0.15) is 5.75 Å². The summed E-state index contributed by atoms with van der Waals surface area (Å²) in [5.41, 5.74) is 3.39. The molecule has 29 heavy (non-hydrogen) atoms. The van der Waals surface area contributed by atoms with Gasteiger partial charge in [-0.15, -0.1) is 11.8 Å². The first-order chi connectivity index (χ1) is 14.1. The van der Waals surface area contributed by atoms with E-state index in [1.54, 1.807) is 0 Å². The first-order valence-corrected chi connectivity index (χ1v) is 11.0. The Balaban J connectivity index is 1.45. The van der Waals surface area contributed by atoms with Crippen molar-refractivity contribution in [1.29, 1.82) is 0 Å². The lowest BCUT2D eigenvalue weighted by molar-refractivity contribution is 0.242. The highest BCUT2D eigenvalue weighted by molar-refractivity contribution is 7.98. The maximum Gasteiger partial charge on any atom is 0.171 e. The van der Waals surface area contributed by atoms with Gasteiger partial charge in [0.2, 0.25) is 0 Å². The van der Waals surface area contributed by atoms with Crippen molar-refractivity contribution in [3.8, 4) is 5.75 Å². The molecule has 2 N–H and O–H groups in total. The van der Waals surface area contributed by atoms with Crippen LogP contribution in [0.4, 0.5) is 5.69 Å². The van der Waals surface area contributed by atoms with E-state index >= 15 is 0 Å². The molecule has 0 saturated carbocycles. The largest absolute Gasteiger partial charge is 0.491 e. The predicted octanol–water partition coefficient (Wildman–Crippen LogP) is 6.25. The summed E-state index contributed by atoms with van der Waals surface area (Å²) < 4.78 is 5.74. The Morgan fingerprint density at radius 1 is 0.931 bits per heavy atom. The summed E-state index contributed by atoms with van der Waals surface area (Å²) in [6, 6.07) is 26.9. The summed E-state index contributed by atoms with van der Waals surface area (Å²) in [5.74, 6) is 1.82. The first kappa shape index (κ1) is 21.2. The molecule has 3 nitrogen and oxygen atoms in total. The van der Waals surface area contributed by atoms with Gasteiger partial charge < -0.3 is 15.4 Å². The molecule has 3 aromatic carbocycles. The van der Waals surface area contributed by atoms with Gasteiger partial charge in [0.25, 0.3) is 0 Å². The number of benzene rings is 3. The maximum absolute atomic E-state index is 5.74. The van der Waals surface area contributed by atoms with Gasteiger partial charge in [0, 0.05) is 22.9 Å². The standard InChI is InChI=1S/C24H26N2OS2/c1-18(2)27-22-8-6-7-20(15-22)16-25-24(28)26-21-13-11-19(12-14-21)17-29-23-9-4-3-5-10-23/h3-15,18H,16-17H2,1-2H3,(H2,25,26,28). The molecule has 0 aliphatic carbocycles. The SMILES string of the molecule is CC(C)Oc1cccc(CNC(=S)Nc2ccc(CSc3ccccc3)cc2)c1. The summed E-state index contributed by atoms with van der Waals surface area (Å²) in [6.45, 7) is 4.69. The molecule has 0 radical (unpaired) electrons. The maximum atomic E-state index is 5.74. The van der Waals surface area contributed by atoms with E-state index in [2.05, 4.69) is 65.2 Å². The number of anilines is 1. The zero-order valence-electron chi connectivity index (χ0n) is 16.7. The van der Waals surface area contributed by atoms with Crippen molar-refractivity contribution in [2.75, 3.05) is 5.32 Å². The van der Waals surface area contributed by atoms with E-state index in [1.165, 1.54) is 10.5 Å². The van der Waals surface area contributed by atoms with Gasteiger partial charge in [-0.2, -0.15) is 0 Å². The van der Waals surface area contributed by atoms with Gasteiger partial charge in [-0.1, -0.05) is 42.5 Å². The molecular formula is C24H26N2OS2. The third-order valence-electron chi connectivity index (χ3n) is 4.08. The minimum Gasteiger partial charge on any atom is -0.491 e. The quantitative estimate of drug-likeness (QED) is 0.331. The van der Waals surface area contributed by atoms with Gasteiger partial charge in [0.05, 0.1) is 6.10 Å². The first-order valence-electron chi connectivity index (χ1n) is 9.66. The molecule has 0 unspecified atom stereocenters. The van der Waals surface area contributed by atoms with Gasteiger partial charge in [-0.05, 0) is 73.6 Å². The monoisotopic (exact) mass is 422 g/mol. The molecule has 5 heteroatoms. The minimum atomic E-state index is 0.162. The second-order valence-electron chi connectivity index (χ2n) is 6.92. The van der Waals surface area contributed by atoms with Gasteiger partial charge in [0.15, 0.2) is 5.11 Å². The second-order valence-corrected chi connectivity index (χ2v) is 8.38. The van der Waals surface area contributed by atoms with E-state index in [0.29, 0.717) is 11.7 Å². The fraction of sp³-hybridized carbons (Fsp3) is 0.208. The second kappa shape index (κ2) is 10.9. The molecule has 0 atom stereocenters. The third kappa shape index (κ3) is 7.44. The van der Waals surface area contributed by atoms with Crippen molar-refractivity contribution in [2.24, 2.45) is 0 Å². The molecule has 0 aliphatic rings. The fourth-order valence-corrected chi connectivity index (χ4v) is 3.79. The van der Waals surface area contributed by atoms with E-state index in [-0.39, 0.29) is 6.10 Å². The van der Waals surface area contributed by atoms with E-state index < -0.39 is 0 Å². The molecule has 0 amide bonds. The molecule has 150 valence electrons. The molecule has 3 aromatic rings. The number of hydrogen-bond donors (Lipinski definition) is 2. The van der Waals surface area contributed by atoms with Crippen LogP contribution in [0.15, 0.2) is 83.8 Å². The summed E-state index contributed by atoms with van der Waals surface area (Å²) >= 11 is 7.26. The smallest absolute Gasteiger partial charge is 0.171 e. The molecular weight excluding hydrogens is 396 g/mol. The van der Waals surface area contributed by atoms with Crippen LogP contribution in [0, 0.1) is 0 Å². The lowest BCUT2D eigenvalue weighted by Crippen LogP contribution is -2.27. The number of hydrogen-bond acceptors (Lipinski definition) is 3. The highest BCUT2D eigenvalue weighted by atomic mass is 32.2. The highest BCUT2D eigenvalue weighted by Crippen LogP contribution is 2.23. The van der Waals surface area contributed by atoms with Gasteiger partial charge in [-0.3, -0.25) is 0 Å². The average molecular weight is 423 g/mol. The number of thiocarbonyl (C=S) groups is 1. The summed E-state index contributed by atoms with van der Waals surface area (Å²) in [4.78, 5) is 1.28. The molecule has 0 spiro atoms. The van der Waals surface area contributed by atoms with Crippen molar-refractivity contribution < 1.29 is 4.74 Å². The highest BCUT2D eigenvalue weighted by Gasteiger charge is 2.02. The van der Waals surface area contributed by atoms with Crippen LogP contribution < -0.4 is 15.4 Å². The molecule has 0 heterocycles. The third-order valence-corrected chi connectivity index (χ3v) is 5.41. The summed E-state index contributed by atoms with van der Waals surface area (Å²) in [5, 5.41) is 7.10. The topological polar surface area (TPSA) is 33.3 Å². The van der Waals surface area contributed by atoms with Crippen molar-refractivity contribution in [3.63, 3.8) is 0 Å². The number of ether oxygens (including phenoxy) is 1. The molecule has 0 bridgehead atoms. The Labute approximate surface area is 182 Å². The summed E-state index contributed by atoms with van der Waals surface area (Å²) in [6.07, 6.45) is 0.162. The molecule has 0 fully saturated rings. The van der Waals surface area contributed by atoms with Crippen LogP contribution in [0.1, 0.15) is 25.0 Å². The minimum absolute atomic E-state index is 0.162. The molecule has 0 aliphatic heterocycles. The zero-order valence-corrected chi connectivity index (χ0v) is 18.4. The summed E-state index contributed by atoms with van der Waals surface area (Å²) in [7, 11) is 0. The van der Waals surface area contributed by atoms with E-state index in [0.717, 1.165) is 22.8 Å². The van der Waals surface area contributed by atoms with Crippen molar-refractivity contribution in [1.82, 2.24) is 5.32 Å². The number of thioether (sulfide) groups is 1. The van der Waals surface area contributed by atoms with Crippen molar-refractivity contribution in [2.45, 2.75) is 37.1 Å². The Bertz CT molecular complexity index is 912. The van der Waals surface area contributed by atoms with Crippen LogP contribution in [-0.2, 0) is 12.3 Å². The van der Waals surface area contributed by atoms with Crippen LogP contribution in [-0.4, -0.2) is 11.2 Å². The normalized spacial score (nSPS) is 10.6. The van der Waals surface area contributed by atoms with Crippen molar-refractivity contribution in [3.05, 3.63) is 90.0 Å². The molecule has 0 saturated heterocycles. The van der Waals surface area contributed by atoms with Crippen LogP contribution in [0.5, 0.6) is 5.75 Å². The lowest BCUT2D eigenvalue weighted by Gasteiger charge is -2.13. The van der Waals surface area contributed by atoms with Crippen LogP contribution in [0.3, 0.4) is 0 Å². The predicted molar refractivity (Wildman–Crippen MR) is 128 cm³/mol. The van der Waals surface area contributed by atoms with Crippen LogP contribution in [0.2, 0.25) is 0 Å². The zero-order chi connectivity index (χ0) is 20.5. The van der Waals surface area contributed by atoms with E-state index in [1.807, 2.05) is 49.9 Å². The Hall–Kier alpha value is -2.50. The van der Waals surface area contributed by atoms with Gasteiger partial charge in [-0.25, -0.2) is 0 Å². The molecule has 3 rings (SSSR count). The van der Waals surface area contributed by atoms with Crippen LogP contribution in [0.25, 0.3) is 0 Å². The van der Waals surface area contributed by atoms with E-state index in [9.17, 15) is 0 Å². The Morgan fingerprint density at radius 3 is 2.41 bits per heavy atom. The van der Waals surface area contributed by atoms with Crippen LogP contribution >= 0.6 is 24.0 Å². The van der Waals surface area contributed by atoms with Gasteiger partial charge >= 0.3 is 0 Å². The fourth-order valence-electron chi connectivity index (χ4n) is 2.73. The lowest BCUT2D eigenvalue weighted by atomic mass is 10.2. The Morgan fingerprint density at radius 2 is 1.69 bits per heavy atom. The van der Waals surface area contributed by atoms with Crippen molar-refractivity contribution >= 4 is 34.8 Å². The molecule has 0 aromatic heterocycles. The number of rotatable bonds is 8.